The van der Waals surface area contributed by atoms with E-state index < -0.39 is 84.6 Å². The quantitative estimate of drug-likeness (QED) is 0.0590. The lowest BCUT2D eigenvalue weighted by Gasteiger charge is -2.33. The molecule has 1 unspecified atom stereocenters. The van der Waals surface area contributed by atoms with Crippen LogP contribution < -0.4 is 26.2 Å². The van der Waals surface area contributed by atoms with E-state index in [4.69, 9.17) is 44.4 Å². The van der Waals surface area contributed by atoms with Crippen molar-refractivity contribution >= 4 is 121 Å². The Labute approximate surface area is 527 Å². The molecule has 5 amide bonds. The van der Waals surface area contributed by atoms with Gasteiger partial charge in [0.05, 0.1) is 59.6 Å². The summed E-state index contributed by atoms with van der Waals surface area (Å²) in [4.78, 5) is 143. The van der Waals surface area contributed by atoms with Gasteiger partial charge >= 0.3 is 18.0 Å². The summed E-state index contributed by atoms with van der Waals surface area (Å²) in [6.45, 7) is 6.95. The van der Waals surface area contributed by atoms with Crippen LogP contribution in [0.5, 0.6) is 0 Å². The van der Waals surface area contributed by atoms with E-state index in [0.29, 0.717) is 68.1 Å². The number of pyridine rings is 1. The van der Waals surface area contributed by atoms with Crippen LogP contribution in [0.25, 0.3) is 43.4 Å². The number of rotatable bonds is 14. The number of amides is 5. The maximum Gasteiger partial charge on any atom is 0.415 e. The fraction of sp³-hybridized carbons (Fsp3) is 0.362. The zero-order valence-electron chi connectivity index (χ0n) is 48.1. The van der Waals surface area contributed by atoms with E-state index in [1.54, 1.807) is 35.2 Å². The molecule has 1 aromatic carbocycles. The first kappa shape index (κ1) is 62.9. The maximum absolute atomic E-state index is 14.4. The maximum atomic E-state index is 14.4. The van der Waals surface area contributed by atoms with Crippen LogP contribution in [0.4, 0.5) is 10.6 Å². The molecule has 458 valence electrons. The summed E-state index contributed by atoms with van der Waals surface area (Å²) in [5, 5.41) is 39.7. The van der Waals surface area contributed by atoms with Gasteiger partial charge in [-0.2, -0.15) is 0 Å². The van der Waals surface area contributed by atoms with Gasteiger partial charge in [0.1, 0.15) is 71.1 Å². The molecule has 1 aliphatic heterocycles. The van der Waals surface area contributed by atoms with Crippen LogP contribution in [0.1, 0.15) is 139 Å². The van der Waals surface area contributed by atoms with Crippen molar-refractivity contribution in [3.05, 3.63) is 111 Å². The van der Waals surface area contributed by atoms with E-state index in [1.807, 2.05) is 56.5 Å². The summed E-state index contributed by atoms with van der Waals surface area (Å²) in [5.41, 5.74) is 3.15. The van der Waals surface area contributed by atoms with Gasteiger partial charge in [-0.05, 0) is 43.4 Å². The molecule has 8 heterocycles. The zero-order chi connectivity index (χ0) is 62.5. The third kappa shape index (κ3) is 14.2. The highest BCUT2D eigenvalue weighted by Gasteiger charge is 2.39. The van der Waals surface area contributed by atoms with Gasteiger partial charge in [-0.15, -0.1) is 68.0 Å². The molecule has 10 rings (SSSR count). The number of nitrogens with zero attached hydrogens (tertiary/aromatic N) is 8. The minimum absolute atomic E-state index is 0.00761. The second kappa shape index (κ2) is 27.5. The minimum Gasteiger partial charge on any atom is -0.481 e. The Kier molecular flexibility index (Phi) is 19.7. The molecular weight excluding hydrogens is 1250 g/mol. The zero-order valence-corrected chi connectivity index (χ0v) is 53.0. The van der Waals surface area contributed by atoms with Gasteiger partial charge in [0.25, 0.3) is 11.8 Å². The first-order valence-corrected chi connectivity index (χ1v) is 32.8. The van der Waals surface area contributed by atoms with Crippen LogP contribution in [0.3, 0.4) is 0 Å². The number of hydrogen-bond donors (Lipinski definition) is 6. The molecule has 30 heteroatoms. The highest BCUT2D eigenvalue weighted by atomic mass is 32.1. The number of hydrogen-bond acceptors (Lipinski definition) is 23. The predicted octanol–water partition coefficient (Wildman–Crippen LogP) is 9.55. The highest BCUT2D eigenvalue weighted by Crippen LogP contribution is 2.42. The van der Waals surface area contributed by atoms with Crippen LogP contribution in [-0.4, -0.2) is 126 Å². The first-order valence-electron chi connectivity index (χ1n) is 27.7. The third-order valence-corrected chi connectivity index (χ3v) is 20.5. The molecule has 8 aromatic rings. The number of methoxy groups -OCH3 is 1. The van der Waals surface area contributed by atoms with E-state index in [-0.39, 0.29) is 79.4 Å². The molecule has 1 fully saturated rings. The summed E-state index contributed by atoms with van der Waals surface area (Å²) >= 11 is 7.29. The van der Waals surface area contributed by atoms with Crippen molar-refractivity contribution in [1.29, 1.82) is 0 Å². The Balaban J connectivity index is 1.04. The molecule has 24 nitrogen and oxygen atoms in total. The molecular formula is C58H58N12O12S6. The lowest BCUT2D eigenvalue weighted by Crippen LogP contribution is -2.42. The van der Waals surface area contributed by atoms with Crippen LogP contribution in [0.2, 0.25) is 0 Å². The predicted molar refractivity (Wildman–Crippen MR) is 332 cm³/mol. The highest BCUT2D eigenvalue weighted by molar-refractivity contribution is 7.15. The van der Waals surface area contributed by atoms with Crippen molar-refractivity contribution in [2.45, 2.75) is 96.4 Å². The number of benzene rings is 1. The van der Waals surface area contributed by atoms with E-state index in [9.17, 15) is 48.6 Å². The molecule has 0 spiro atoms. The van der Waals surface area contributed by atoms with Gasteiger partial charge in [-0.3, -0.25) is 38.5 Å². The number of carbonyl (C=O) groups excluding carboxylic acids is 6. The van der Waals surface area contributed by atoms with E-state index in [0.717, 1.165) is 33.1 Å². The van der Waals surface area contributed by atoms with E-state index in [2.05, 4.69) is 21.3 Å². The molecule has 10 bridgehead atoms. The molecule has 7 aromatic heterocycles. The number of aliphatic carboxylic acids is 2. The topological polar surface area (TPSA) is 337 Å². The Morgan fingerprint density at radius 3 is 2.17 bits per heavy atom. The summed E-state index contributed by atoms with van der Waals surface area (Å²) in [6.07, 6.45) is -1.99. The number of anilines is 1. The fourth-order valence-electron chi connectivity index (χ4n) is 9.76. The molecule has 0 saturated heterocycles. The van der Waals surface area contributed by atoms with E-state index >= 15 is 0 Å². The van der Waals surface area contributed by atoms with Crippen molar-refractivity contribution in [1.82, 2.24) is 56.2 Å². The van der Waals surface area contributed by atoms with Crippen molar-refractivity contribution in [2.24, 2.45) is 11.8 Å². The molecule has 1 saturated carbocycles. The normalized spacial score (nSPS) is 18.5. The summed E-state index contributed by atoms with van der Waals surface area (Å²) in [5.74, 6) is -6.08. The Hall–Kier alpha value is -8.13. The lowest BCUT2D eigenvalue weighted by molar-refractivity contribution is -0.148. The Morgan fingerprint density at radius 1 is 0.739 bits per heavy atom. The molecule has 6 N–H and O–H groups in total. The Bertz CT molecular complexity index is 3940. The average molecular weight is 1310 g/mol. The van der Waals surface area contributed by atoms with Gasteiger partial charge < -0.3 is 41.0 Å². The minimum atomic E-state index is -1.17. The van der Waals surface area contributed by atoms with Crippen molar-refractivity contribution in [3.63, 3.8) is 0 Å². The number of Topliss-reactive ketones (excluding diaryl/α,β-unsaturated/α-hetero) is 1. The molecule has 2 aliphatic rings. The van der Waals surface area contributed by atoms with Crippen molar-refractivity contribution in [2.75, 3.05) is 32.1 Å². The second-order valence-electron chi connectivity index (χ2n) is 21.1. The third-order valence-electron chi connectivity index (χ3n) is 14.7. The number of carboxylic acid groups (broad SMARTS) is 2. The van der Waals surface area contributed by atoms with E-state index in [1.165, 1.54) is 59.5 Å². The number of ether oxygens (including phenoxy) is 2. The summed E-state index contributed by atoms with van der Waals surface area (Å²) < 4.78 is 11.1. The summed E-state index contributed by atoms with van der Waals surface area (Å²) in [7, 11) is 2.97. The number of ketones is 1. The Morgan fingerprint density at radius 2 is 1.44 bits per heavy atom. The number of thiazole rings is 6. The SMILES string of the molecule is CNC(=O)C[C@@H]1NC(=O)c2csc(n2)-c2ccc(-c3nc(N(CCC(=O)O)C(=O)OC4CC(C(=O)O)C4)cs3)nc2-c2csc(n2)-c2csc(n2)[C@H]([C@@H](C)c2ccccc2)NC(=O)CNC(=O)c2nc(sc2COC)C(C(C)C)CC(=O)c2nc1sc2C. The summed E-state index contributed by atoms with van der Waals surface area (Å²) in [6, 6.07) is 11.4. The van der Waals surface area contributed by atoms with Gasteiger partial charge in [-0.25, -0.2) is 39.7 Å². The molecule has 0 radical (unpaired) electrons. The van der Waals surface area contributed by atoms with Crippen LogP contribution in [0, 0.1) is 18.8 Å². The molecule has 1 aliphatic carbocycles. The number of aromatic nitrogens is 7. The largest absolute Gasteiger partial charge is 0.481 e. The van der Waals surface area contributed by atoms with Crippen LogP contribution >= 0.6 is 68.0 Å². The van der Waals surface area contributed by atoms with Gasteiger partial charge in [0, 0.05) is 70.9 Å². The molecule has 88 heavy (non-hydrogen) atoms. The standard InChI is InChI=1S/C58H58N12O12S6/c1-26(2)33-18-39(71)46-28(4)87-55(68-46)35(19-42(72)59-5)62-49(76)37-23-83-51(64-37)32-12-13-34(53-66-41(25-86-53)70(15-14-44(74)75)58(80)82-31-16-30(17-31)57(78)79)61-47(32)36-22-84-54(63-36)38-24-85-56(65-38)45(27(3)29-10-8-7-9-11-29)67-43(73)20-60-50(77)48-40(21-81-6)88-52(33)69-48/h7-13,22-27,30-31,33,35,45H,14-21H2,1-6H3,(H,59,72)(H,60,77)(H,62,76)(H,67,73)(H,74,75)(H,78,79)/t27-,30?,31?,33?,35-,45-/m0/s1. The lowest BCUT2D eigenvalue weighted by atomic mass is 9.82. The molecule has 4 atom stereocenters. The second-order valence-corrected chi connectivity index (χ2v) is 26.9. The smallest absolute Gasteiger partial charge is 0.415 e. The monoisotopic (exact) mass is 1310 g/mol. The number of carbonyl (C=O) groups is 8. The van der Waals surface area contributed by atoms with Crippen LogP contribution in [0.15, 0.2) is 64.0 Å². The first-order chi connectivity index (χ1) is 42.2. The number of fused-ring (bicyclic) bond motifs is 14. The van der Waals surface area contributed by atoms with Crippen molar-refractivity contribution < 1.29 is 58.0 Å². The van der Waals surface area contributed by atoms with Gasteiger partial charge in [0.2, 0.25) is 11.8 Å². The van der Waals surface area contributed by atoms with Gasteiger partial charge in [-0.1, -0.05) is 51.1 Å². The number of carboxylic acids is 2. The van der Waals surface area contributed by atoms with Crippen molar-refractivity contribution in [3.8, 4) is 43.4 Å². The number of nitrogens with one attached hydrogen (secondary N) is 4. The number of aryl methyl sites for hydroxylation is 1. The van der Waals surface area contributed by atoms with Crippen LogP contribution in [-0.2, 0) is 35.3 Å². The fourth-order valence-corrected chi connectivity index (χ4v) is 15.5. The van der Waals surface area contributed by atoms with Gasteiger partial charge in [0.15, 0.2) is 5.78 Å². The average Bonchev–Trinajstić information content (AvgIpc) is 3.40.